The van der Waals surface area contributed by atoms with E-state index in [1.54, 1.807) is 0 Å². The number of nitriles is 1. The summed E-state index contributed by atoms with van der Waals surface area (Å²) >= 11 is 6.21. The van der Waals surface area contributed by atoms with Crippen molar-refractivity contribution in [2.24, 2.45) is 0 Å². The Morgan fingerprint density at radius 1 is 1.15 bits per heavy atom. The standard InChI is InChI=1S/C20H18ClN5/c1-13-16(3-2-4-17(13)21)18-11-19(26-20(23)25-18)24-10-9-14-5-7-15(12-22)8-6-14/h2-8,11H,9-10H2,1H3,(H3,23,24,25,26). The molecule has 3 N–H and O–H groups in total. The molecule has 0 fully saturated rings. The number of benzene rings is 2. The lowest BCUT2D eigenvalue weighted by Gasteiger charge is -2.11. The molecule has 1 aromatic heterocycles. The molecular weight excluding hydrogens is 346 g/mol. The molecule has 0 atom stereocenters. The van der Waals surface area contributed by atoms with Gasteiger partial charge in [-0.15, -0.1) is 0 Å². The first-order chi connectivity index (χ1) is 12.6. The van der Waals surface area contributed by atoms with Gasteiger partial charge in [-0.3, -0.25) is 0 Å². The number of nitrogens with two attached hydrogens (primary N) is 1. The summed E-state index contributed by atoms with van der Waals surface area (Å²) in [6.07, 6.45) is 0.807. The van der Waals surface area contributed by atoms with Gasteiger partial charge in [0.2, 0.25) is 5.95 Å². The summed E-state index contributed by atoms with van der Waals surface area (Å²) in [6, 6.07) is 17.2. The van der Waals surface area contributed by atoms with Crippen LogP contribution in [-0.2, 0) is 6.42 Å². The van der Waals surface area contributed by atoms with Crippen LogP contribution >= 0.6 is 11.6 Å². The Kier molecular flexibility index (Phi) is 5.35. The molecule has 0 spiro atoms. The molecule has 0 aliphatic rings. The summed E-state index contributed by atoms with van der Waals surface area (Å²) in [7, 11) is 0. The fourth-order valence-corrected chi connectivity index (χ4v) is 2.83. The Balaban J connectivity index is 1.73. The van der Waals surface area contributed by atoms with Crippen LogP contribution in [0.4, 0.5) is 11.8 Å². The third-order valence-corrected chi connectivity index (χ3v) is 4.50. The van der Waals surface area contributed by atoms with E-state index in [-0.39, 0.29) is 5.95 Å². The summed E-state index contributed by atoms with van der Waals surface area (Å²) in [6.45, 7) is 2.64. The van der Waals surface area contributed by atoms with E-state index < -0.39 is 0 Å². The molecule has 1 heterocycles. The van der Waals surface area contributed by atoms with E-state index in [1.165, 1.54) is 0 Å². The number of nitrogen functional groups attached to an aromatic ring is 1. The summed E-state index contributed by atoms with van der Waals surface area (Å²) < 4.78 is 0. The second-order valence-corrected chi connectivity index (χ2v) is 6.30. The second-order valence-electron chi connectivity index (χ2n) is 5.89. The molecule has 2 aromatic carbocycles. The van der Waals surface area contributed by atoms with Crippen molar-refractivity contribution in [2.75, 3.05) is 17.6 Å². The summed E-state index contributed by atoms with van der Waals surface area (Å²) in [5, 5.41) is 12.8. The Hall–Kier alpha value is -3.10. The van der Waals surface area contributed by atoms with Gasteiger partial charge in [0.05, 0.1) is 17.3 Å². The second kappa shape index (κ2) is 7.85. The highest BCUT2D eigenvalue weighted by atomic mass is 35.5. The first-order valence-corrected chi connectivity index (χ1v) is 8.57. The lowest BCUT2D eigenvalue weighted by molar-refractivity contribution is 1.00. The van der Waals surface area contributed by atoms with Crippen molar-refractivity contribution in [3.63, 3.8) is 0 Å². The van der Waals surface area contributed by atoms with Crippen LogP contribution in [-0.4, -0.2) is 16.5 Å². The molecule has 130 valence electrons. The van der Waals surface area contributed by atoms with Gasteiger partial charge in [-0.2, -0.15) is 10.2 Å². The molecule has 5 nitrogen and oxygen atoms in total. The Morgan fingerprint density at radius 3 is 2.65 bits per heavy atom. The third kappa shape index (κ3) is 4.11. The van der Waals surface area contributed by atoms with Gasteiger partial charge in [0.1, 0.15) is 5.82 Å². The van der Waals surface area contributed by atoms with Gasteiger partial charge in [-0.25, -0.2) is 4.98 Å². The lowest BCUT2D eigenvalue weighted by Crippen LogP contribution is -2.08. The summed E-state index contributed by atoms with van der Waals surface area (Å²) in [4.78, 5) is 8.58. The minimum absolute atomic E-state index is 0.211. The first-order valence-electron chi connectivity index (χ1n) is 8.20. The maximum Gasteiger partial charge on any atom is 0.222 e. The molecule has 0 saturated carbocycles. The molecule has 3 rings (SSSR count). The molecule has 0 saturated heterocycles. The van der Waals surface area contributed by atoms with E-state index in [9.17, 15) is 0 Å². The quantitative estimate of drug-likeness (QED) is 0.708. The van der Waals surface area contributed by atoms with Crippen LogP contribution in [0.5, 0.6) is 0 Å². The largest absolute Gasteiger partial charge is 0.370 e. The van der Waals surface area contributed by atoms with Crippen molar-refractivity contribution in [1.82, 2.24) is 9.97 Å². The van der Waals surface area contributed by atoms with Gasteiger partial charge >= 0.3 is 0 Å². The van der Waals surface area contributed by atoms with Gasteiger partial charge < -0.3 is 11.1 Å². The number of hydrogen-bond donors (Lipinski definition) is 2. The van der Waals surface area contributed by atoms with Crippen LogP contribution in [0, 0.1) is 18.3 Å². The lowest BCUT2D eigenvalue weighted by atomic mass is 10.1. The maximum atomic E-state index is 8.84. The SMILES string of the molecule is Cc1c(Cl)cccc1-c1cc(NCCc2ccc(C#N)cc2)nc(N)n1. The highest BCUT2D eigenvalue weighted by Crippen LogP contribution is 2.28. The maximum absolute atomic E-state index is 8.84. The molecule has 0 aliphatic heterocycles. The molecule has 3 aromatic rings. The van der Waals surface area contributed by atoms with E-state index in [2.05, 4.69) is 21.4 Å². The number of anilines is 2. The van der Waals surface area contributed by atoms with Crippen LogP contribution in [0.15, 0.2) is 48.5 Å². The number of aromatic nitrogens is 2. The van der Waals surface area contributed by atoms with Crippen molar-refractivity contribution in [3.05, 3.63) is 70.2 Å². The topological polar surface area (TPSA) is 87.6 Å². The molecule has 0 aliphatic carbocycles. The van der Waals surface area contributed by atoms with Crippen molar-refractivity contribution in [3.8, 4) is 17.3 Å². The predicted molar refractivity (Wildman–Crippen MR) is 105 cm³/mol. The smallest absolute Gasteiger partial charge is 0.222 e. The number of hydrogen-bond acceptors (Lipinski definition) is 5. The van der Waals surface area contributed by atoms with Crippen LogP contribution < -0.4 is 11.1 Å². The summed E-state index contributed by atoms with van der Waals surface area (Å²) in [5.74, 6) is 0.878. The number of halogens is 1. The Morgan fingerprint density at radius 2 is 1.92 bits per heavy atom. The van der Waals surface area contributed by atoms with Crippen molar-refractivity contribution in [1.29, 1.82) is 5.26 Å². The molecule has 0 radical (unpaired) electrons. The average Bonchev–Trinajstić information content (AvgIpc) is 2.64. The van der Waals surface area contributed by atoms with Gasteiger partial charge in [0.25, 0.3) is 0 Å². The van der Waals surface area contributed by atoms with Crippen LogP contribution in [0.3, 0.4) is 0 Å². The number of nitrogens with zero attached hydrogens (tertiary/aromatic N) is 3. The Labute approximate surface area is 157 Å². The van der Waals surface area contributed by atoms with E-state index in [0.29, 0.717) is 22.9 Å². The molecule has 0 bridgehead atoms. The zero-order chi connectivity index (χ0) is 18.5. The normalized spacial score (nSPS) is 10.3. The van der Waals surface area contributed by atoms with E-state index in [4.69, 9.17) is 22.6 Å². The minimum Gasteiger partial charge on any atom is -0.370 e. The van der Waals surface area contributed by atoms with Gasteiger partial charge in [0.15, 0.2) is 0 Å². The molecule has 26 heavy (non-hydrogen) atoms. The minimum atomic E-state index is 0.211. The van der Waals surface area contributed by atoms with Crippen LogP contribution in [0.1, 0.15) is 16.7 Å². The monoisotopic (exact) mass is 363 g/mol. The third-order valence-electron chi connectivity index (χ3n) is 4.09. The number of rotatable bonds is 5. The zero-order valence-corrected chi connectivity index (χ0v) is 15.1. The van der Waals surface area contributed by atoms with E-state index >= 15 is 0 Å². The fourth-order valence-electron chi connectivity index (χ4n) is 2.66. The van der Waals surface area contributed by atoms with Crippen molar-refractivity contribution < 1.29 is 0 Å². The predicted octanol–water partition coefficient (Wildman–Crippen LogP) is 4.21. The van der Waals surface area contributed by atoms with Gasteiger partial charge in [-0.05, 0) is 42.7 Å². The number of nitrogens with one attached hydrogen (secondary N) is 1. The van der Waals surface area contributed by atoms with Crippen LogP contribution in [0.25, 0.3) is 11.3 Å². The van der Waals surface area contributed by atoms with Crippen molar-refractivity contribution >= 4 is 23.4 Å². The van der Waals surface area contributed by atoms with Gasteiger partial charge in [-0.1, -0.05) is 35.9 Å². The fraction of sp³-hybridized carbons (Fsp3) is 0.150. The highest BCUT2D eigenvalue weighted by Gasteiger charge is 2.09. The molecule has 0 unspecified atom stereocenters. The van der Waals surface area contributed by atoms with E-state index in [1.807, 2.05) is 55.5 Å². The zero-order valence-electron chi connectivity index (χ0n) is 14.3. The highest BCUT2D eigenvalue weighted by molar-refractivity contribution is 6.31. The van der Waals surface area contributed by atoms with Crippen molar-refractivity contribution in [2.45, 2.75) is 13.3 Å². The molecule has 6 heteroatoms. The average molecular weight is 364 g/mol. The first kappa shape index (κ1) is 17.7. The van der Waals surface area contributed by atoms with E-state index in [0.717, 1.165) is 28.8 Å². The molecule has 0 amide bonds. The van der Waals surface area contributed by atoms with Crippen LogP contribution in [0.2, 0.25) is 5.02 Å². The Bertz CT molecular complexity index is 961. The van der Waals surface area contributed by atoms with Gasteiger partial charge in [0, 0.05) is 23.2 Å². The summed E-state index contributed by atoms with van der Waals surface area (Å²) in [5.41, 5.74) is 10.3. The molecular formula is C20H18ClN5.